The van der Waals surface area contributed by atoms with Gasteiger partial charge in [0, 0.05) is 43.3 Å². The Balaban J connectivity index is 1.20. The Kier molecular flexibility index (Phi) is 15.6. The summed E-state index contributed by atoms with van der Waals surface area (Å²) in [6.45, 7) is 2.86. The van der Waals surface area contributed by atoms with Crippen molar-refractivity contribution in [3.8, 4) is 35.0 Å². The summed E-state index contributed by atoms with van der Waals surface area (Å²) < 4.78 is 18.9. The minimum Gasteiger partial charge on any atom is -0.504 e. The number of aliphatic hydroxyl groups excluding tert-OH is 1. The number of phenols is 2. The maximum atomic E-state index is 15.3. The molecule has 5 fully saturated rings. The third kappa shape index (κ3) is 10.1. The fourth-order valence-electron chi connectivity index (χ4n) is 13.9. The molecule has 0 radical (unpaired) electrons. The minimum absolute atomic E-state index is 0.0310. The first-order chi connectivity index (χ1) is 32.0. The predicted molar refractivity (Wildman–Crippen MR) is 261 cm³/mol. The highest BCUT2D eigenvalue weighted by atomic mass is 16.6. The number of unbranched alkanes of at least 4 members (excludes halogenated alkanes) is 1. The van der Waals surface area contributed by atoms with E-state index in [1.54, 1.807) is 20.2 Å². The summed E-state index contributed by atoms with van der Waals surface area (Å²) in [5, 5.41) is 44.1. The highest BCUT2D eigenvalue weighted by Gasteiger charge is 2.55. The molecule has 1 heterocycles. The number of allylic oxidation sites excluding steroid dienone is 2. The van der Waals surface area contributed by atoms with Crippen molar-refractivity contribution >= 4 is 17.4 Å². The molecule has 1 spiro atoms. The third-order valence-electron chi connectivity index (χ3n) is 17.1. The molecule has 0 aromatic heterocycles. The quantitative estimate of drug-likeness (QED) is 0.0614. The first kappa shape index (κ1) is 48.2. The van der Waals surface area contributed by atoms with Gasteiger partial charge in [0.2, 0.25) is 5.96 Å². The molecule has 360 valence electrons. The number of carbonyl (C=O) groups excluding carboxylic acids is 1. The van der Waals surface area contributed by atoms with E-state index in [1.807, 2.05) is 25.3 Å². The van der Waals surface area contributed by atoms with Crippen molar-refractivity contribution in [3.63, 3.8) is 0 Å². The second-order valence-electron chi connectivity index (χ2n) is 21.0. The van der Waals surface area contributed by atoms with Gasteiger partial charge in [0.25, 0.3) is 0 Å². The van der Waals surface area contributed by atoms with Gasteiger partial charge in [0.05, 0.1) is 18.9 Å². The van der Waals surface area contributed by atoms with E-state index >= 15 is 4.79 Å². The molecule has 9 unspecified atom stereocenters. The van der Waals surface area contributed by atoms with Crippen LogP contribution in [0.2, 0.25) is 0 Å². The largest absolute Gasteiger partial charge is 0.504 e. The van der Waals surface area contributed by atoms with Crippen LogP contribution in [0.4, 0.5) is 5.69 Å². The Bertz CT molecular complexity index is 2120. The fourth-order valence-corrected chi connectivity index (χ4v) is 13.9. The molecule has 5 aliphatic carbocycles. The van der Waals surface area contributed by atoms with Gasteiger partial charge in [-0.1, -0.05) is 69.9 Å². The highest BCUT2D eigenvalue weighted by Crippen LogP contribution is 2.61. The van der Waals surface area contributed by atoms with Crippen molar-refractivity contribution in [2.24, 2.45) is 40.0 Å². The number of likely N-dealkylation sites (N-methyl/N-ethyl adjacent to an activating group) is 1. The average Bonchev–Trinajstić information content (AvgIpc) is 4.05. The molecule has 11 nitrogen and oxygen atoms in total. The van der Waals surface area contributed by atoms with Gasteiger partial charge in [-0.25, -0.2) is 0 Å². The number of anilines is 1. The lowest BCUT2D eigenvalue weighted by molar-refractivity contribution is -0.152. The lowest BCUT2D eigenvalue weighted by Crippen LogP contribution is -2.46. The van der Waals surface area contributed by atoms with Crippen LogP contribution in [0.5, 0.6) is 23.0 Å². The summed E-state index contributed by atoms with van der Waals surface area (Å²) in [4.78, 5) is 19.9. The van der Waals surface area contributed by atoms with Gasteiger partial charge in [-0.05, 0) is 162 Å². The summed E-state index contributed by atoms with van der Waals surface area (Å²) >= 11 is 0. The number of nitrogens with zero attached hydrogens (tertiary/aromatic N) is 1. The molecule has 6 N–H and O–H groups in total. The molecule has 2 aromatic carbocycles. The van der Waals surface area contributed by atoms with E-state index < -0.39 is 17.3 Å². The Morgan fingerprint density at radius 3 is 2.56 bits per heavy atom. The van der Waals surface area contributed by atoms with Crippen LogP contribution in [0.3, 0.4) is 0 Å². The molecule has 2 aromatic rings. The number of nitrogens with one attached hydrogen (secondary N) is 3. The number of hydrogen-bond donors (Lipinski definition) is 6. The van der Waals surface area contributed by atoms with Gasteiger partial charge in [-0.2, -0.15) is 0 Å². The first-order valence-corrected chi connectivity index (χ1v) is 25.7. The van der Waals surface area contributed by atoms with Crippen LogP contribution in [0.1, 0.15) is 153 Å². The summed E-state index contributed by atoms with van der Waals surface area (Å²) in [6.07, 6.45) is 24.6. The smallest absolute Gasteiger partial charge is 0.207 e. The predicted octanol–water partition coefficient (Wildman–Crippen LogP) is 10.1. The number of aliphatic imine (C=N–C) groups is 1. The highest BCUT2D eigenvalue weighted by molar-refractivity contribution is 5.97. The van der Waals surface area contributed by atoms with E-state index in [0.717, 1.165) is 127 Å². The Hall–Kier alpha value is -4.24. The van der Waals surface area contributed by atoms with Gasteiger partial charge < -0.3 is 40.2 Å². The van der Waals surface area contributed by atoms with Crippen LogP contribution in [0.25, 0.3) is 0 Å². The van der Waals surface area contributed by atoms with E-state index in [4.69, 9.17) is 14.2 Å². The Labute approximate surface area is 394 Å². The molecule has 66 heavy (non-hydrogen) atoms. The Morgan fingerprint density at radius 2 is 1.77 bits per heavy atom. The summed E-state index contributed by atoms with van der Waals surface area (Å²) in [5.41, 5.74) is 1.06. The molecule has 11 heteroatoms. The van der Waals surface area contributed by atoms with Gasteiger partial charge in [-0.15, -0.1) is 0 Å². The number of aromatic hydroxyl groups is 2. The second-order valence-corrected chi connectivity index (χ2v) is 21.0. The van der Waals surface area contributed by atoms with E-state index in [-0.39, 0.29) is 46.6 Å². The molecule has 9 atom stereocenters. The van der Waals surface area contributed by atoms with E-state index in [0.29, 0.717) is 60.8 Å². The molecular weight excluding hydrogens is 829 g/mol. The van der Waals surface area contributed by atoms with Crippen molar-refractivity contribution in [1.29, 1.82) is 0 Å². The van der Waals surface area contributed by atoms with Crippen LogP contribution in [-0.2, 0) is 21.4 Å². The average molecular weight is 907 g/mol. The molecule has 6 aliphatic rings. The standard InChI is InChI=1S/C55H78N4O7/c1-5-6-13-39-20-21-41-15-11-27-55(41)42-32-45(51(63)48(33-42)66-53(36-56-2)28-25-38(34-53)31-50(62)65-43-17-8-7-9-18-43)59-52(57-3)58-29-12-16-40-14-10-26-54(40,49(61)24-22-44(39)55)35-37-19-23-46(60)47(30-37)64-4/h19,22-24,30,32-33,38-41,43-44,50,56,60,62-63H,5-11,13-18,20-21,25-28,31,34-36H2,1-4H3,(H2,57,58,59). The lowest BCUT2D eigenvalue weighted by atomic mass is 9.54. The topological polar surface area (TPSA) is 154 Å². The van der Waals surface area contributed by atoms with Crippen molar-refractivity contribution in [3.05, 3.63) is 53.6 Å². The number of ketones is 1. The number of carbonyl (C=O) groups is 1. The van der Waals surface area contributed by atoms with Crippen molar-refractivity contribution in [2.45, 2.75) is 172 Å². The van der Waals surface area contributed by atoms with E-state index in [2.05, 4.69) is 58.0 Å². The maximum Gasteiger partial charge on any atom is 0.207 e. The number of methoxy groups -OCH3 is 1. The number of phenolic OH excluding ortho intramolecular Hbond substituents is 2. The van der Waals surface area contributed by atoms with Crippen molar-refractivity contribution < 1.29 is 34.3 Å². The number of fused-ring (bicyclic) bond motifs is 3. The van der Waals surface area contributed by atoms with Crippen LogP contribution >= 0.6 is 0 Å². The molecule has 0 saturated heterocycles. The zero-order valence-electron chi connectivity index (χ0n) is 40.3. The number of rotatable bonds is 14. The maximum absolute atomic E-state index is 15.3. The minimum atomic E-state index is -0.799. The van der Waals surface area contributed by atoms with Crippen LogP contribution < -0.4 is 25.4 Å². The first-order valence-electron chi connectivity index (χ1n) is 25.7. The summed E-state index contributed by atoms with van der Waals surface area (Å²) in [6, 6.07) is 12.9. The monoisotopic (exact) mass is 907 g/mol. The zero-order valence-corrected chi connectivity index (χ0v) is 40.3. The van der Waals surface area contributed by atoms with E-state index in [9.17, 15) is 15.3 Å². The van der Waals surface area contributed by atoms with Crippen molar-refractivity contribution in [1.82, 2.24) is 10.6 Å². The van der Waals surface area contributed by atoms with E-state index in [1.165, 1.54) is 6.42 Å². The van der Waals surface area contributed by atoms with Gasteiger partial charge in [-0.3, -0.25) is 15.1 Å². The lowest BCUT2D eigenvalue weighted by Gasteiger charge is -2.50. The number of guanidine groups is 1. The number of aliphatic hydroxyl groups is 1. The SMILES string of the molecule is CCCCC1CCC2CCCC23c2cc(c(O)c(OC4(CNC)CCC(CC(O)OC5CCCCC5)C4)c2)NC(=NC)NC#CCC2CCCC2(Cc2ccc(O)c(OC)c2)C(=O)C=CC13. The molecule has 0 amide bonds. The fraction of sp³-hybridized carbons (Fsp3) is 0.673. The molecule has 8 rings (SSSR count). The van der Waals surface area contributed by atoms with Gasteiger partial charge in [0.1, 0.15) is 5.60 Å². The Morgan fingerprint density at radius 1 is 0.955 bits per heavy atom. The van der Waals surface area contributed by atoms with Crippen LogP contribution in [0.15, 0.2) is 47.5 Å². The molecule has 5 saturated carbocycles. The third-order valence-corrected chi connectivity index (χ3v) is 17.1. The van der Waals surface area contributed by atoms with Crippen LogP contribution in [-0.4, -0.2) is 72.8 Å². The molecular formula is C55H78N4O7. The van der Waals surface area contributed by atoms with Gasteiger partial charge in [0.15, 0.2) is 35.1 Å². The number of ether oxygens (including phenoxy) is 3. The summed E-state index contributed by atoms with van der Waals surface area (Å²) in [7, 11) is 5.22. The zero-order chi connectivity index (χ0) is 46.3. The number of benzene rings is 2. The van der Waals surface area contributed by atoms with Gasteiger partial charge >= 0.3 is 0 Å². The van der Waals surface area contributed by atoms with Crippen LogP contribution in [0, 0.1) is 47.0 Å². The number of hydrogen-bond acceptors (Lipinski definition) is 9. The molecule has 1 aliphatic heterocycles. The normalized spacial score (nSPS) is 32.3. The molecule has 2 bridgehead atoms. The second kappa shape index (κ2) is 21.4. The van der Waals surface area contributed by atoms with Crippen molar-refractivity contribution in [2.75, 3.05) is 33.1 Å². The summed E-state index contributed by atoms with van der Waals surface area (Å²) in [5.74, 6) is 6.05.